The lowest BCUT2D eigenvalue weighted by Gasteiger charge is -2.33. The molecule has 1 saturated heterocycles. The molecular weight excluding hydrogens is 326 g/mol. The highest BCUT2D eigenvalue weighted by atomic mass is 35.5. The average Bonchev–Trinajstić information content (AvgIpc) is 3.22. The Bertz CT molecular complexity index is 825. The van der Waals surface area contributed by atoms with E-state index >= 15 is 0 Å². The van der Waals surface area contributed by atoms with Gasteiger partial charge in [-0.1, -0.05) is 0 Å². The van der Waals surface area contributed by atoms with Gasteiger partial charge >= 0.3 is 0 Å². The molecule has 0 aromatic carbocycles. The minimum absolute atomic E-state index is 0. The number of aromatic nitrogens is 5. The summed E-state index contributed by atoms with van der Waals surface area (Å²) < 4.78 is 3.86. The third-order valence-electron chi connectivity index (χ3n) is 4.48. The van der Waals surface area contributed by atoms with Crippen molar-refractivity contribution >= 4 is 24.0 Å². The van der Waals surface area contributed by atoms with E-state index in [-0.39, 0.29) is 12.4 Å². The SMILES string of the molecule is CNC1CCCN(c2nc(-c3cnn(C)c3)cc3nccn23)C1.Cl. The number of likely N-dealkylation sites (N-methyl/N-ethyl adjacent to an activating group) is 1. The summed E-state index contributed by atoms with van der Waals surface area (Å²) in [7, 11) is 3.95. The lowest BCUT2D eigenvalue weighted by atomic mass is 10.1. The molecule has 1 atom stereocenters. The summed E-state index contributed by atoms with van der Waals surface area (Å²) in [6.45, 7) is 1.99. The van der Waals surface area contributed by atoms with Crippen molar-refractivity contribution < 1.29 is 0 Å². The highest BCUT2D eigenvalue weighted by molar-refractivity contribution is 5.85. The molecule has 0 radical (unpaired) electrons. The Kier molecular flexibility index (Phi) is 4.73. The summed E-state index contributed by atoms with van der Waals surface area (Å²) in [5, 5.41) is 7.64. The van der Waals surface area contributed by atoms with Crippen LogP contribution in [0.1, 0.15) is 12.8 Å². The maximum absolute atomic E-state index is 4.92. The van der Waals surface area contributed by atoms with Crippen LogP contribution in [0, 0.1) is 0 Å². The Morgan fingerprint density at radius 1 is 1.33 bits per heavy atom. The first-order chi connectivity index (χ1) is 11.2. The molecule has 1 unspecified atom stereocenters. The Balaban J connectivity index is 0.00000169. The second-order valence-corrected chi connectivity index (χ2v) is 6.07. The predicted molar refractivity (Wildman–Crippen MR) is 96.7 cm³/mol. The fourth-order valence-corrected chi connectivity index (χ4v) is 3.23. The minimum atomic E-state index is 0. The smallest absolute Gasteiger partial charge is 0.211 e. The van der Waals surface area contributed by atoms with Gasteiger partial charge < -0.3 is 10.2 Å². The van der Waals surface area contributed by atoms with E-state index in [1.54, 1.807) is 4.68 Å². The molecule has 0 aliphatic carbocycles. The highest BCUT2D eigenvalue weighted by Gasteiger charge is 2.22. The van der Waals surface area contributed by atoms with Crippen LogP contribution in [0.25, 0.3) is 16.9 Å². The van der Waals surface area contributed by atoms with Crippen LogP contribution in [-0.4, -0.2) is 50.3 Å². The first kappa shape index (κ1) is 16.7. The maximum Gasteiger partial charge on any atom is 0.211 e. The minimum Gasteiger partial charge on any atom is -0.340 e. The van der Waals surface area contributed by atoms with Crippen molar-refractivity contribution in [1.29, 1.82) is 0 Å². The van der Waals surface area contributed by atoms with E-state index in [2.05, 4.69) is 24.7 Å². The summed E-state index contributed by atoms with van der Waals surface area (Å²) in [5.41, 5.74) is 2.85. The number of nitrogens with zero attached hydrogens (tertiary/aromatic N) is 6. The zero-order chi connectivity index (χ0) is 15.8. The van der Waals surface area contributed by atoms with Crippen molar-refractivity contribution in [2.45, 2.75) is 18.9 Å². The molecule has 0 bridgehead atoms. The molecule has 24 heavy (non-hydrogen) atoms. The van der Waals surface area contributed by atoms with E-state index in [1.807, 2.05) is 44.9 Å². The third kappa shape index (κ3) is 2.97. The second kappa shape index (κ2) is 6.78. The van der Waals surface area contributed by atoms with E-state index in [0.717, 1.165) is 35.9 Å². The molecule has 4 heterocycles. The lowest BCUT2D eigenvalue weighted by Crippen LogP contribution is -2.45. The van der Waals surface area contributed by atoms with Crippen LogP contribution in [0.4, 0.5) is 5.95 Å². The molecule has 1 aliphatic heterocycles. The van der Waals surface area contributed by atoms with Crippen molar-refractivity contribution in [3.05, 3.63) is 30.9 Å². The first-order valence-corrected chi connectivity index (χ1v) is 8.00. The molecule has 1 fully saturated rings. The monoisotopic (exact) mass is 347 g/mol. The zero-order valence-corrected chi connectivity index (χ0v) is 14.7. The molecule has 4 rings (SSSR count). The molecule has 3 aromatic heterocycles. The normalized spacial score (nSPS) is 17.9. The molecule has 7 nitrogen and oxygen atoms in total. The second-order valence-electron chi connectivity index (χ2n) is 6.07. The van der Waals surface area contributed by atoms with Gasteiger partial charge in [-0.05, 0) is 19.9 Å². The average molecular weight is 348 g/mol. The largest absolute Gasteiger partial charge is 0.340 e. The Hall–Kier alpha value is -2.12. The number of piperidine rings is 1. The molecular formula is C16H22ClN7. The van der Waals surface area contributed by atoms with Crippen molar-refractivity contribution in [3.8, 4) is 11.3 Å². The number of hydrogen-bond donors (Lipinski definition) is 1. The summed E-state index contributed by atoms with van der Waals surface area (Å²) >= 11 is 0. The van der Waals surface area contributed by atoms with Gasteiger partial charge in [0.1, 0.15) is 5.65 Å². The van der Waals surface area contributed by atoms with E-state index in [0.29, 0.717) is 6.04 Å². The van der Waals surface area contributed by atoms with Crippen LogP contribution in [0.3, 0.4) is 0 Å². The summed E-state index contributed by atoms with van der Waals surface area (Å²) in [6, 6.07) is 2.52. The summed E-state index contributed by atoms with van der Waals surface area (Å²) in [4.78, 5) is 11.7. The molecule has 0 spiro atoms. The molecule has 0 amide bonds. The molecule has 3 aromatic rings. The van der Waals surface area contributed by atoms with Crippen molar-refractivity contribution in [3.63, 3.8) is 0 Å². The quantitative estimate of drug-likeness (QED) is 0.782. The Morgan fingerprint density at radius 3 is 2.96 bits per heavy atom. The van der Waals surface area contributed by atoms with Gasteiger partial charge in [-0.25, -0.2) is 9.97 Å². The molecule has 0 saturated carbocycles. The first-order valence-electron chi connectivity index (χ1n) is 8.00. The van der Waals surface area contributed by atoms with Crippen LogP contribution < -0.4 is 10.2 Å². The van der Waals surface area contributed by atoms with E-state index in [4.69, 9.17) is 4.98 Å². The molecule has 1 aliphatic rings. The Labute approximate surface area is 147 Å². The van der Waals surface area contributed by atoms with Crippen molar-refractivity contribution in [1.82, 2.24) is 29.5 Å². The van der Waals surface area contributed by atoms with Gasteiger partial charge in [0.05, 0.1) is 11.9 Å². The maximum atomic E-state index is 4.92. The van der Waals surface area contributed by atoms with Crippen LogP contribution in [0.15, 0.2) is 30.9 Å². The number of fused-ring (bicyclic) bond motifs is 1. The number of imidazole rings is 1. The fourth-order valence-electron chi connectivity index (χ4n) is 3.23. The van der Waals surface area contributed by atoms with Gasteiger partial charge in [0.25, 0.3) is 0 Å². The standard InChI is InChI=1S/C16H21N7.ClH/c1-17-13-4-3-6-22(11-13)16-20-14(12-9-19-21(2)10-12)8-15-18-5-7-23(15)16;/h5,7-10,13,17H,3-4,6,11H2,1-2H3;1H. The summed E-state index contributed by atoms with van der Waals surface area (Å²) in [5.74, 6) is 0.957. The highest BCUT2D eigenvalue weighted by Crippen LogP contribution is 2.24. The van der Waals surface area contributed by atoms with Gasteiger partial charge in [-0.2, -0.15) is 5.10 Å². The van der Waals surface area contributed by atoms with Gasteiger partial charge in [-0.3, -0.25) is 9.08 Å². The summed E-state index contributed by atoms with van der Waals surface area (Å²) in [6.07, 6.45) is 10.0. The Morgan fingerprint density at radius 2 is 2.21 bits per heavy atom. The number of aryl methyl sites for hydroxylation is 1. The fraction of sp³-hybridized carbons (Fsp3) is 0.438. The van der Waals surface area contributed by atoms with Gasteiger partial charge in [-0.15, -0.1) is 12.4 Å². The van der Waals surface area contributed by atoms with E-state index in [1.165, 1.54) is 12.8 Å². The number of rotatable bonds is 3. The molecule has 8 heteroatoms. The van der Waals surface area contributed by atoms with E-state index in [9.17, 15) is 0 Å². The van der Waals surface area contributed by atoms with Crippen LogP contribution >= 0.6 is 12.4 Å². The van der Waals surface area contributed by atoms with Crippen LogP contribution in [0.2, 0.25) is 0 Å². The topological polar surface area (TPSA) is 63.3 Å². The van der Waals surface area contributed by atoms with Gasteiger partial charge in [0.15, 0.2) is 0 Å². The number of anilines is 1. The van der Waals surface area contributed by atoms with E-state index < -0.39 is 0 Å². The van der Waals surface area contributed by atoms with Gasteiger partial charge in [0, 0.05) is 56.4 Å². The lowest BCUT2D eigenvalue weighted by molar-refractivity contribution is 0.444. The number of nitrogens with one attached hydrogen (secondary N) is 1. The van der Waals surface area contributed by atoms with Crippen molar-refractivity contribution in [2.24, 2.45) is 7.05 Å². The number of hydrogen-bond acceptors (Lipinski definition) is 5. The van der Waals surface area contributed by atoms with Crippen LogP contribution in [0.5, 0.6) is 0 Å². The molecule has 128 valence electrons. The predicted octanol–water partition coefficient (Wildman–Crippen LogP) is 1.74. The molecule has 1 N–H and O–H groups in total. The zero-order valence-electron chi connectivity index (χ0n) is 13.9. The van der Waals surface area contributed by atoms with Crippen molar-refractivity contribution in [2.75, 3.05) is 25.0 Å². The third-order valence-corrected chi connectivity index (χ3v) is 4.48. The number of halogens is 1. The van der Waals surface area contributed by atoms with Crippen LogP contribution in [-0.2, 0) is 7.05 Å². The van der Waals surface area contributed by atoms with Gasteiger partial charge in [0.2, 0.25) is 5.95 Å².